The Morgan fingerprint density at radius 2 is 0.846 bits per heavy atom. The van der Waals surface area contributed by atoms with Gasteiger partial charge in [0, 0.05) is 0 Å². The van der Waals surface area contributed by atoms with Gasteiger partial charge in [-0.2, -0.15) is 0 Å². The van der Waals surface area contributed by atoms with Gasteiger partial charge < -0.3 is 19.1 Å². The van der Waals surface area contributed by atoms with Gasteiger partial charge in [-0.1, -0.05) is 99.2 Å². The van der Waals surface area contributed by atoms with Gasteiger partial charge in [-0.3, -0.25) is 0 Å². The fourth-order valence-electron chi connectivity index (χ4n) is 7.99. The van der Waals surface area contributed by atoms with Gasteiger partial charge in [0.25, 0.3) is 0 Å². The van der Waals surface area contributed by atoms with E-state index in [1.165, 1.54) is 75.3 Å². The lowest BCUT2D eigenvalue weighted by atomic mass is 9.68. The van der Waals surface area contributed by atoms with Gasteiger partial charge in [-0.25, -0.2) is 20.5 Å². The molecule has 8 nitrogen and oxygen atoms in total. The average Bonchev–Trinajstić information content (AvgIpc) is 3.18. The first kappa shape index (κ1) is 36.8. The molecule has 0 radical (unpaired) electrons. The molecule has 4 aromatic rings. The zero-order valence-corrected chi connectivity index (χ0v) is 30.2. The minimum atomic E-state index is -1.18. The number of rotatable bonds is 16. The van der Waals surface area contributed by atoms with E-state index in [0.717, 1.165) is 37.2 Å². The summed E-state index contributed by atoms with van der Waals surface area (Å²) in [6.07, 6.45) is 16.8. The van der Waals surface area contributed by atoms with Crippen LogP contribution in [0.4, 0.5) is 11.4 Å². The number of hydrogen-bond acceptors (Lipinski definition) is 8. The summed E-state index contributed by atoms with van der Waals surface area (Å²) in [7, 11) is 0. The van der Waals surface area contributed by atoms with E-state index in [-0.39, 0.29) is 10.8 Å². The van der Waals surface area contributed by atoms with Crippen LogP contribution in [0.15, 0.2) is 109 Å². The van der Waals surface area contributed by atoms with Crippen molar-refractivity contribution in [3.05, 3.63) is 120 Å². The van der Waals surface area contributed by atoms with Crippen molar-refractivity contribution in [3.63, 3.8) is 0 Å². The Kier molecular flexibility index (Phi) is 13.1. The standard InChI is InChI=1S/C44H52N2O6/c47-41(51-45-37-17-21-39(22-18-37)49-31-29-43(25-9-3-10-26-43)33-35-13-5-1-6-14-35)42(48)52-46-38-19-23-40(24-20-38)50-32-30-44(27-11-4-12-28-44)34-36-15-7-2-8-16-36/h1-2,5-8,13-24,45-46H,3-4,9-12,25-34H2. The lowest BCUT2D eigenvalue weighted by Gasteiger charge is -2.37. The highest BCUT2D eigenvalue weighted by molar-refractivity contribution is 6.29. The Morgan fingerprint density at radius 3 is 1.21 bits per heavy atom. The maximum atomic E-state index is 12.3. The molecule has 0 bridgehead atoms. The van der Waals surface area contributed by atoms with Crippen molar-refractivity contribution < 1.29 is 28.7 Å². The molecule has 0 saturated heterocycles. The van der Waals surface area contributed by atoms with Crippen LogP contribution in [0.1, 0.15) is 88.2 Å². The van der Waals surface area contributed by atoms with Gasteiger partial charge in [-0.05, 0) is 122 Å². The van der Waals surface area contributed by atoms with Crippen LogP contribution in [0.5, 0.6) is 11.5 Å². The Labute approximate surface area is 308 Å². The number of ether oxygens (including phenoxy) is 2. The number of anilines is 2. The number of benzene rings is 4. The molecule has 0 spiro atoms. The summed E-state index contributed by atoms with van der Waals surface area (Å²) < 4.78 is 12.2. The summed E-state index contributed by atoms with van der Waals surface area (Å²) in [6.45, 7) is 1.28. The smallest absolute Gasteiger partial charge is 0.443 e. The van der Waals surface area contributed by atoms with Crippen LogP contribution in [-0.4, -0.2) is 25.2 Å². The summed E-state index contributed by atoms with van der Waals surface area (Å²) in [4.78, 5) is 34.4. The molecule has 6 rings (SSSR count). The summed E-state index contributed by atoms with van der Waals surface area (Å²) in [5.74, 6) is -0.898. The van der Waals surface area contributed by atoms with Gasteiger partial charge in [0.05, 0.1) is 24.6 Å². The Hall–Kier alpha value is -4.98. The second-order valence-electron chi connectivity index (χ2n) is 14.7. The average molecular weight is 705 g/mol. The molecular weight excluding hydrogens is 652 g/mol. The topological polar surface area (TPSA) is 95.1 Å². The van der Waals surface area contributed by atoms with Crippen molar-refractivity contribution in [1.82, 2.24) is 0 Å². The fourth-order valence-corrected chi connectivity index (χ4v) is 7.99. The first-order valence-corrected chi connectivity index (χ1v) is 19.0. The van der Waals surface area contributed by atoms with E-state index in [4.69, 9.17) is 19.1 Å². The van der Waals surface area contributed by atoms with Crippen LogP contribution in [0, 0.1) is 10.8 Å². The Morgan fingerprint density at radius 1 is 0.481 bits per heavy atom. The number of nitrogens with one attached hydrogen (secondary N) is 2. The zero-order valence-electron chi connectivity index (χ0n) is 30.2. The van der Waals surface area contributed by atoms with E-state index in [9.17, 15) is 9.59 Å². The first-order valence-electron chi connectivity index (χ1n) is 19.0. The van der Waals surface area contributed by atoms with E-state index in [0.29, 0.717) is 24.6 Å². The minimum absolute atomic E-state index is 0.275. The van der Waals surface area contributed by atoms with Gasteiger partial charge >= 0.3 is 11.9 Å². The molecular formula is C44H52N2O6. The van der Waals surface area contributed by atoms with Crippen molar-refractivity contribution in [2.75, 3.05) is 24.2 Å². The molecule has 4 aromatic carbocycles. The predicted molar refractivity (Wildman–Crippen MR) is 204 cm³/mol. The monoisotopic (exact) mass is 704 g/mol. The molecule has 274 valence electrons. The molecule has 8 heteroatoms. The highest BCUT2D eigenvalue weighted by Crippen LogP contribution is 2.43. The molecule has 0 unspecified atom stereocenters. The number of hydrogen-bond donors (Lipinski definition) is 2. The Balaban J connectivity index is 0.882. The molecule has 0 aliphatic heterocycles. The molecule has 0 amide bonds. The maximum absolute atomic E-state index is 12.3. The van der Waals surface area contributed by atoms with Crippen LogP contribution >= 0.6 is 0 Å². The zero-order chi connectivity index (χ0) is 35.9. The summed E-state index contributed by atoms with van der Waals surface area (Å²) in [5.41, 5.74) is 9.35. The molecule has 2 aliphatic carbocycles. The van der Waals surface area contributed by atoms with E-state index in [1.54, 1.807) is 24.3 Å². The quantitative estimate of drug-likeness (QED) is 0.0879. The van der Waals surface area contributed by atoms with Crippen molar-refractivity contribution in [1.29, 1.82) is 0 Å². The third-order valence-electron chi connectivity index (χ3n) is 10.9. The van der Waals surface area contributed by atoms with Crippen molar-refractivity contribution in [2.24, 2.45) is 10.8 Å². The van der Waals surface area contributed by atoms with Crippen LogP contribution in [0.3, 0.4) is 0 Å². The van der Waals surface area contributed by atoms with E-state index in [1.807, 2.05) is 24.3 Å². The highest BCUT2D eigenvalue weighted by Gasteiger charge is 2.33. The van der Waals surface area contributed by atoms with Gasteiger partial charge in [-0.15, -0.1) is 0 Å². The lowest BCUT2D eigenvalue weighted by Crippen LogP contribution is -2.29. The number of carbonyl (C=O) groups excluding carboxylic acids is 2. The molecule has 0 atom stereocenters. The maximum Gasteiger partial charge on any atom is 0.443 e. The third-order valence-corrected chi connectivity index (χ3v) is 10.9. The van der Waals surface area contributed by atoms with E-state index < -0.39 is 11.9 Å². The predicted octanol–water partition coefficient (Wildman–Crippen LogP) is 10.1. The Bertz CT molecular complexity index is 1540. The summed E-state index contributed by atoms with van der Waals surface area (Å²) >= 11 is 0. The largest absolute Gasteiger partial charge is 0.494 e. The van der Waals surface area contributed by atoms with Crippen molar-refractivity contribution in [3.8, 4) is 11.5 Å². The third kappa shape index (κ3) is 11.0. The molecule has 2 saturated carbocycles. The minimum Gasteiger partial charge on any atom is -0.494 e. The molecule has 52 heavy (non-hydrogen) atoms. The van der Waals surface area contributed by atoms with E-state index in [2.05, 4.69) is 71.6 Å². The summed E-state index contributed by atoms with van der Waals surface area (Å²) in [5, 5.41) is 0. The lowest BCUT2D eigenvalue weighted by molar-refractivity contribution is -0.164. The SMILES string of the molecule is O=C(ONc1ccc(OCCC2(Cc3ccccc3)CCCCC2)cc1)C(=O)ONc1ccc(OCCC2(Cc3ccccc3)CCCCC2)cc1. The van der Waals surface area contributed by atoms with Gasteiger partial charge in [0.15, 0.2) is 0 Å². The fraction of sp³-hybridized carbons (Fsp3) is 0.409. The molecule has 2 fully saturated rings. The highest BCUT2D eigenvalue weighted by atomic mass is 16.7. The van der Waals surface area contributed by atoms with Crippen molar-refractivity contribution >= 4 is 23.3 Å². The summed E-state index contributed by atoms with van der Waals surface area (Å²) in [6, 6.07) is 35.7. The number of carbonyl (C=O) groups is 2. The van der Waals surface area contributed by atoms with Crippen LogP contribution in [-0.2, 0) is 32.1 Å². The van der Waals surface area contributed by atoms with Crippen LogP contribution in [0.25, 0.3) is 0 Å². The molecule has 2 aliphatic rings. The van der Waals surface area contributed by atoms with E-state index >= 15 is 0 Å². The van der Waals surface area contributed by atoms with Crippen LogP contribution < -0.4 is 20.4 Å². The van der Waals surface area contributed by atoms with Crippen LogP contribution in [0.2, 0.25) is 0 Å². The second-order valence-corrected chi connectivity index (χ2v) is 14.7. The normalized spacial score (nSPS) is 16.2. The molecule has 0 aromatic heterocycles. The molecule has 0 heterocycles. The van der Waals surface area contributed by atoms with Crippen molar-refractivity contribution in [2.45, 2.75) is 89.9 Å². The molecule has 2 N–H and O–H groups in total. The van der Waals surface area contributed by atoms with Gasteiger partial charge in [0.2, 0.25) is 0 Å². The van der Waals surface area contributed by atoms with Gasteiger partial charge in [0.1, 0.15) is 11.5 Å². The first-order chi connectivity index (χ1) is 25.5. The second kappa shape index (κ2) is 18.5.